The minimum atomic E-state index is -0.536. The number of hydrogen-bond donors (Lipinski definition) is 1. The molecule has 2 rings (SSSR count). The summed E-state index contributed by atoms with van der Waals surface area (Å²) in [6.07, 6.45) is 1.78. The summed E-state index contributed by atoms with van der Waals surface area (Å²) in [4.78, 5) is 28.6. The number of amides is 2. The summed E-state index contributed by atoms with van der Waals surface area (Å²) in [5.41, 5.74) is 0.122. The van der Waals surface area contributed by atoms with Crippen molar-refractivity contribution in [3.8, 4) is 0 Å². The van der Waals surface area contributed by atoms with Gasteiger partial charge in [0.15, 0.2) is 0 Å². The largest absolute Gasteiger partial charge is 0.444 e. The van der Waals surface area contributed by atoms with Gasteiger partial charge in [-0.05, 0) is 26.7 Å². The first-order valence-electron chi connectivity index (χ1n) is 9.40. The Hall–Kier alpha value is -2.16. The summed E-state index contributed by atoms with van der Waals surface area (Å²) in [5, 5.41) is 17.1. The first-order valence-corrected chi connectivity index (χ1v) is 9.40. The molecule has 1 saturated heterocycles. The van der Waals surface area contributed by atoms with Crippen molar-refractivity contribution in [2.75, 3.05) is 32.8 Å². The van der Waals surface area contributed by atoms with E-state index in [-0.39, 0.29) is 24.5 Å². The van der Waals surface area contributed by atoms with Gasteiger partial charge in [0.2, 0.25) is 5.91 Å². The molecule has 0 spiro atoms. The van der Waals surface area contributed by atoms with Gasteiger partial charge in [-0.15, -0.1) is 5.10 Å². The Labute approximate surface area is 160 Å². The number of aliphatic hydroxyl groups excluding tert-OH is 1. The van der Waals surface area contributed by atoms with Crippen LogP contribution in [0, 0.1) is 5.92 Å². The van der Waals surface area contributed by atoms with Gasteiger partial charge in [0.1, 0.15) is 11.6 Å². The fourth-order valence-electron chi connectivity index (χ4n) is 3.01. The second-order valence-corrected chi connectivity index (χ2v) is 8.15. The van der Waals surface area contributed by atoms with E-state index in [9.17, 15) is 9.59 Å². The Kier molecular flexibility index (Phi) is 6.80. The number of ether oxygens (including phenoxy) is 1. The molecule has 152 valence electrons. The number of carbonyl (C=O) groups excluding carboxylic acids is 2. The van der Waals surface area contributed by atoms with Crippen LogP contribution in [0.4, 0.5) is 4.79 Å². The van der Waals surface area contributed by atoms with Crippen molar-refractivity contribution in [2.24, 2.45) is 5.92 Å². The average Bonchev–Trinajstić information content (AvgIpc) is 3.01. The third-order valence-corrected chi connectivity index (χ3v) is 4.34. The highest BCUT2D eigenvalue weighted by molar-refractivity contribution is 5.81. The highest BCUT2D eigenvalue weighted by Gasteiger charge is 2.33. The molecule has 0 saturated carbocycles. The van der Waals surface area contributed by atoms with Crippen molar-refractivity contribution in [3.05, 3.63) is 11.9 Å². The number of carbonyl (C=O) groups is 2. The van der Waals surface area contributed by atoms with E-state index in [1.807, 2.05) is 34.6 Å². The molecule has 9 heteroatoms. The average molecular weight is 381 g/mol. The number of aliphatic hydroxyl groups is 1. The van der Waals surface area contributed by atoms with Gasteiger partial charge in [0, 0.05) is 45.4 Å². The molecule has 1 fully saturated rings. The van der Waals surface area contributed by atoms with Crippen LogP contribution in [0.25, 0.3) is 0 Å². The first-order chi connectivity index (χ1) is 12.6. The van der Waals surface area contributed by atoms with Gasteiger partial charge in [-0.3, -0.25) is 4.79 Å². The van der Waals surface area contributed by atoms with Gasteiger partial charge in [0.05, 0.1) is 5.69 Å². The molecule has 1 aromatic rings. The summed E-state index contributed by atoms with van der Waals surface area (Å²) in [5.74, 6) is -0.000603. The van der Waals surface area contributed by atoms with E-state index in [4.69, 9.17) is 9.84 Å². The van der Waals surface area contributed by atoms with Crippen LogP contribution in [-0.2, 0) is 16.0 Å². The molecule has 0 aliphatic carbocycles. The van der Waals surface area contributed by atoms with Gasteiger partial charge in [0.25, 0.3) is 0 Å². The van der Waals surface area contributed by atoms with Crippen molar-refractivity contribution in [1.29, 1.82) is 0 Å². The number of piperazine rings is 1. The van der Waals surface area contributed by atoms with Gasteiger partial charge in [-0.25, -0.2) is 9.48 Å². The van der Waals surface area contributed by atoms with E-state index in [1.165, 1.54) is 0 Å². The van der Waals surface area contributed by atoms with E-state index in [0.29, 0.717) is 38.3 Å². The zero-order chi connectivity index (χ0) is 20.2. The second kappa shape index (κ2) is 8.69. The number of hydrogen-bond acceptors (Lipinski definition) is 6. The summed E-state index contributed by atoms with van der Waals surface area (Å²) in [6, 6.07) is -0.460. The predicted octanol–water partition coefficient (Wildman–Crippen LogP) is 1.09. The van der Waals surface area contributed by atoms with Crippen molar-refractivity contribution in [3.63, 3.8) is 0 Å². The first kappa shape index (κ1) is 21.1. The van der Waals surface area contributed by atoms with Crippen molar-refractivity contribution < 1.29 is 19.4 Å². The molecule has 0 bridgehead atoms. The highest BCUT2D eigenvalue weighted by Crippen LogP contribution is 2.21. The van der Waals surface area contributed by atoms with E-state index in [2.05, 4.69) is 10.3 Å². The molecule has 0 unspecified atom stereocenters. The fraction of sp³-hybridized carbons (Fsp3) is 0.778. The molecule has 2 heterocycles. The summed E-state index contributed by atoms with van der Waals surface area (Å²) in [7, 11) is 0. The van der Waals surface area contributed by atoms with E-state index >= 15 is 0 Å². The Balaban J connectivity index is 2.00. The lowest BCUT2D eigenvalue weighted by atomic mass is 10.0. The molecule has 1 aromatic heterocycles. The van der Waals surface area contributed by atoms with Crippen LogP contribution >= 0.6 is 0 Å². The Bertz CT molecular complexity index is 644. The maximum Gasteiger partial charge on any atom is 0.410 e. The van der Waals surface area contributed by atoms with E-state index in [1.54, 1.807) is 20.7 Å². The maximum absolute atomic E-state index is 13.1. The SMILES string of the molecule is CC(C)[C@H](C(=O)N1CCN(C(=O)OC(C)(C)C)CC1)n1cc(CCO)nn1. The summed E-state index contributed by atoms with van der Waals surface area (Å²) >= 11 is 0. The van der Waals surface area contributed by atoms with Crippen LogP contribution < -0.4 is 0 Å². The molecular weight excluding hydrogens is 350 g/mol. The lowest BCUT2D eigenvalue weighted by Gasteiger charge is -2.37. The smallest absolute Gasteiger partial charge is 0.410 e. The maximum atomic E-state index is 13.1. The molecule has 9 nitrogen and oxygen atoms in total. The Morgan fingerprint density at radius 3 is 2.30 bits per heavy atom. The zero-order valence-corrected chi connectivity index (χ0v) is 16.9. The fourth-order valence-corrected chi connectivity index (χ4v) is 3.01. The Morgan fingerprint density at radius 1 is 1.19 bits per heavy atom. The van der Waals surface area contributed by atoms with Gasteiger partial charge >= 0.3 is 6.09 Å². The highest BCUT2D eigenvalue weighted by atomic mass is 16.6. The molecule has 1 N–H and O–H groups in total. The van der Waals surface area contributed by atoms with Gasteiger partial charge in [-0.1, -0.05) is 19.1 Å². The van der Waals surface area contributed by atoms with E-state index in [0.717, 1.165) is 0 Å². The van der Waals surface area contributed by atoms with Crippen LogP contribution in [0.3, 0.4) is 0 Å². The van der Waals surface area contributed by atoms with Crippen LogP contribution in [0.1, 0.15) is 46.4 Å². The second-order valence-electron chi connectivity index (χ2n) is 8.15. The minimum absolute atomic E-state index is 0.00832. The lowest BCUT2D eigenvalue weighted by Crippen LogP contribution is -2.53. The van der Waals surface area contributed by atoms with E-state index < -0.39 is 11.6 Å². The molecule has 0 radical (unpaired) electrons. The Morgan fingerprint density at radius 2 is 1.78 bits per heavy atom. The third kappa shape index (κ3) is 5.66. The summed E-state index contributed by atoms with van der Waals surface area (Å²) < 4.78 is 6.98. The predicted molar refractivity (Wildman–Crippen MR) is 99.1 cm³/mol. The van der Waals surface area contributed by atoms with Gasteiger partial charge < -0.3 is 19.6 Å². The molecule has 2 amide bonds. The molecule has 0 aromatic carbocycles. The monoisotopic (exact) mass is 381 g/mol. The van der Waals surface area contributed by atoms with Crippen molar-refractivity contribution >= 4 is 12.0 Å². The van der Waals surface area contributed by atoms with Crippen LogP contribution in [0.5, 0.6) is 0 Å². The molecule has 1 atom stereocenters. The normalized spacial score (nSPS) is 16.6. The standard InChI is InChI=1S/C18H31N5O4/c1-13(2)15(23-12-14(6-11-24)19-20-23)16(25)21-7-9-22(10-8-21)17(26)27-18(3,4)5/h12-13,15,24H,6-11H2,1-5H3/t15-/m1/s1. The van der Waals surface area contributed by atoms with Crippen LogP contribution in [0.15, 0.2) is 6.20 Å². The number of aromatic nitrogens is 3. The molecule has 1 aliphatic rings. The number of nitrogens with zero attached hydrogens (tertiary/aromatic N) is 5. The van der Waals surface area contributed by atoms with Crippen molar-refractivity contribution in [1.82, 2.24) is 24.8 Å². The summed E-state index contributed by atoms with van der Waals surface area (Å²) in [6.45, 7) is 11.2. The quantitative estimate of drug-likeness (QED) is 0.819. The molecular formula is C18H31N5O4. The lowest BCUT2D eigenvalue weighted by molar-refractivity contribution is -0.138. The van der Waals surface area contributed by atoms with Crippen molar-refractivity contribution in [2.45, 2.75) is 52.7 Å². The van der Waals surface area contributed by atoms with Crippen LogP contribution in [-0.4, -0.2) is 80.3 Å². The zero-order valence-electron chi connectivity index (χ0n) is 16.9. The molecule has 1 aliphatic heterocycles. The van der Waals surface area contributed by atoms with Gasteiger partial charge in [-0.2, -0.15) is 0 Å². The van der Waals surface area contributed by atoms with Crippen LogP contribution in [0.2, 0.25) is 0 Å². The molecule has 27 heavy (non-hydrogen) atoms. The number of rotatable bonds is 5. The minimum Gasteiger partial charge on any atom is -0.444 e. The third-order valence-electron chi connectivity index (χ3n) is 4.34. The topological polar surface area (TPSA) is 101 Å².